The van der Waals surface area contributed by atoms with Gasteiger partial charge >= 0.3 is 0 Å². The second-order valence-corrected chi connectivity index (χ2v) is 6.70. The highest BCUT2D eigenvalue weighted by Gasteiger charge is 2.39. The van der Waals surface area contributed by atoms with E-state index in [1.54, 1.807) is 6.07 Å². The van der Waals surface area contributed by atoms with Crippen molar-refractivity contribution in [2.75, 3.05) is 5.32 Å². The molecule has 128 valence electrons. The van der Waals surface area contributed by atoms with Gasteiger partial charge in [-0.1, -0.05) is 29.8 Å². The van der Waals surface area contributed by atoms with Crippen molar-refractivity contribution >= 4 is 23.0 Å². The highest BCUT2D eigenvalue weighted by molar-refractivity contribution is 6.32. The second-order valence-electron chi connectivity index (χ2n) is 6.30. The first-order valence-electron chi connectivity index (χ1n) is 7.81. The third-order valence-corrected chi connectivity index (χ3v) is 5.23. The van der Waals surface area contributed by atoms with Crippen LogP contribution in [0.2, 0.25) is 5.02 Å². The van der Waals surface area contributed by atoms with Gasteiger partial charge in [-0.15, -0.1) is 0 Å². The minimum absolute atomic E-state index is 0.0227. The predicted octanol–water partition coefficient (Wildman–Crippen LogP) is 5.35. The summed E-state index contributed by atoms with van der Waals surface area (Å²) in [6.45, 7) is 0. The summed E-state index contributed by atoms with van der Waals surface area (Å²) >= 11 is 5.89. The van der Waals surface area contributed by atoms with E-state index >= 15 is 0 Å². The number of fused-ring (bicyclic) bond motifs is 3. The van der Waals surface area contributed by atoms with Crippen LogP contribution in [0.4, 0.5) is 20.2 Å². The van der Waals surface area contributed by atoms with E-state index in [4.69, 9.17) is 11.6 Å². The summed E-state index contributed by atoms with van der Waals surface area (Å²) in [5, 5.41) is 14.3. The second kappa shape index (κ2) is 5.81. The zero-order valence-corrected chi connectivity index (χ0v) is 13.6. The number of allylic oxidation sites excluding steroid dienone is 2. The van der Waals surface area contributed by atoms with E-state index in [2.05, 4.69) is 5.32 Å². The van der Waals surface area contributed by atoms with Crippen molar-refractivity contribution in [1.82, 2.24) is 0 Å². The predicted molar refractivity (Wildman–Crippen MR) is 90.8 cm³/mol. The van der Waals surface area contributed by atoms with Crippen molar-refractivity contribution in [3.8, 4) is 0 Å². The Morgan fingerprint density at radius 1 is 1.24 bits per heavy atom. The quantitative estimate of drug-likeness (QED) is 0.445. The minimum Gasteiger partial charge on any atom is -0.375 e. The van der Waals surface area contributed by atoms with Gasteiger partial charge in [0.2, 0.25) is 0 Å². The lowest BCUT2D eigenvalue weighted by Gasteiger charge is -2.37. The molecule has 0 saturated carbocycles. The number of nitro groups is 1. The van der Waals surface area contributed by atoms with E-state index < -0.39 is 16.6 Å². The number of hydrogen-bond donors (Lipinski definition) is 1. The van der Waals surface area contributed by atoms with Crippen LogP contribution < -0.4 is 5.32 Å². The first-order chi connectivity index (χ1) is 12.0. The van der Waals surface area contributed by atoms with Gasteiger partial charge in [0.05, 0.1) is 16.7 Å². The molecule has 0 radical (unpaired) electrons. The lowest BCUT2D eigenvalue weighted by atomic mass is 9.77. The number of rotatable bonds is 2. The zero-order chi connectivity index (χ0) is 17.7. The van der Waals surface area contributed by atoms with Crippen molar-refractivity contribution in [2.24, 2.45) is 5.92 Å². The van der Waals surface area contributed by atoms with Gasteiger partial charge in [0, 0.05) is 18.1 Å². The van der Waals surface area contributed by atoms with Crippen LogP contribution in [0.5, 0.6) is 0 Å². The number of benzene rings is 2. The molecule has 0 spiro atoms. The molecule has 0 amide bonds. The van der Waals surface area contributed by atoms with Crippen LogP contribution >= 0.6 is 11.6 Å². The van der Waals surface area contributed by atoms with Crippen molar-refractivity contribution in [1.29, 1.82) is 0 Å². The number of nitro benzene ring substituents is 1. The average Bonchev–Trinajstić information content (AvgIpc) is 3.04. The summed E-state index contributed by atoms with van der Waals surface area (Å²) in [5.41, 5.74) is 1.30. The normalized spacial score (nSPS) is 23.7. The minimum atomic E-state index is -0.665. The van der Waals surface area contributed by atoms with Gasteiger partial charge in [0.15, 0.2) is 0 Å². The SMILES string of the molecule is O=[N+]([O-])c1cc([C@@H]2Nc3c(F)cc(F)cc3[C@H]3C=CC[C@@H]32)ccc1Cl. The number of nitrogens with one attached hydrogen (secondary N) is 1. The fourth-order valence-electron chi connectivity index (χ4n) is 3.81. The Kier molecular flexibility index (Phi) is 3.72. The highest BCUT2D eigenvalue weighted by atomic mass is 35.5. The molecule has 25 heavy (non-hydrogen) atoms. The topological polar surface area (TPSA) is 55.2 Å². The number of hydrogen-bond acceptors (Lipinski definition) is 3. The molecule has 1 aliphatic carbocycles. The van der Waals surface area contributed by atoms with Crippen LogP contribution in [-0.2, 0) is 0 Å². The van der Waals surface area contributed by atoms with E-state index in [0.29, 0.717) is 11.1 Å². The summed E-state index contributed by atoms with van der Waals surface area (Å²) in [5.74, 6) is -1.39. The Labute approximate surface area is 147 Å². The largest absolute Gasteiger partial charge is 0.375 e. The molecule has 1 heterocycles. The first kappa shape index (κ1) is 16.0. The summed E-state index contributed by atoms with van der Waals surface area (Å²) in [4.78, 5) is 10.6. The molecule has 0 saturated heterocycles. The number of nitrogens with zero attached hydrogens (tertiary/aromatic N) is 1. The molecule has 7 heteroatoms. The van der Waals surface area contributed by atoms with Crippen LogP contribution in [0.1, 0.15) is 29.5 Å². The van der Waals surface area contributed by atoms with E-state index in [1.807, 2.05) is 12.2 Å². The molecule has 0 fully saturated rings. The molecule has 4 rings (SSSR count). The van der Waals surface area contributed by atoms with Gasteiger partial charge in [-0.05, 0) is 35.6 Å². The van der Waals surface area contributed by atoms with Gasteiger partial charge < -0.3 is 5.32 Å². The van der Waals surface area contributed by atoms with Crippen molar-refractivity contribution in [2.45, 2.75) is 18.4 Å². The summed E-state index contributed by atoms with van der Waals surface area (Å²) in [7, 11) is 0. The molecule has 1 N–H and O–H groups in total. The number of anilines is 1. The van der Waals surface area contributed by atoms with Crippen LogP contribution in [0, 0.1) is 27.7 Å². The third-order valence-electron chi connectivity index (χ3n) is 4.91. The van der Waals surface area contributed by atoms with E-state index in [-0.39, 0.29) is 34.3 Å². The maximum atomic E-state index is 14.3. The Morgan fingerprint density at radius 3 is 2.80 bits per heavy atom. The molecule has 0 unspecified atom stereocenters. The fourth-order valence-corrected chi connectivity index (χ4v) is 4.00. The summed E-state index contributed by atoms with van der Waals surface area (Å²) in [6, 6.07) is 6.45. The lowest BCUT2D eigenvalue weighted by molar-refractivity contribution is -0.384. The van der Waals surface area contributed by atoms with Crippen LogP contribution in [0.15, 0.2) is 42.5 Å². The van der Waals surface area contributed by atoms with Gasteiger partial charge in [-0.3, -0.25) is 10.1 Å². The maximum Gasteiger partial charge on any atom is 0.288 e. The highest BCUT2D eigenvalue weighted by Crippen LogP contribution is 2.51. The Morgan fingerprint density at radius 2 is 2.04 bits per heavy atom. The van der Waals surface area contributed by atoms with Gasteiger partial charge in [0.25, 0.3) is 5.69 Å². The van der Waals surface area contributed by atoms with E-state index in [1.165, 1.54) is 18.2 Å². The van der Waals surface area contributed by atoms with Crippen LogP contribution in [0.25, 0.3) is 0 Å². The van der Waals surface area contributed by atoms with Crippen molar-refractivity contribution in [3.05, 3.63) is 80.4 Å². The standard InChI is InChI=1S/C18H13ClF2N2O2/c19-14-5-4-9(6-16(14)23(24)25)17-12-3-1-2-11(12)13-7-10(20)8-15(21)18(13)22-17/h1-2,4-8,11-12,17,22H,3H2/t11-,12-,17-/m0/s1. The van der Waals surface area contributed by atoms with Gasteiger partial charge in [0.1, 0.15) is 16.7 Å². The van der Waals surface area contributed by atoms with E-state index in [0.717, 1.165) is 12.5 Å². The molecule has 4 nitrogen and oxygen atoms in total. The lowest BCUT2D eigenvalue weighted by Crippen LogP contribution is -2.30. The van der Waals surface area contributed by atoms with Crippen molar-refractivity contribution < 1.29 is 13.7 Å². The maximum absolute atomic E-state index is 14.3. The van der Waals surface area contributed by atoms with Crippen molar-refractivity contribution in [3.63, 3.8) is 0 Å². The van der Waals surface area contributed by atoms with E-state index in [9.17, 15) is 18.9 Å². The summed E-state index contributed by atoms with van der Waals surface area (Å²) in [6.07, 6.45) is 4.64. The molecular formula is C18H13ClF2N2O2. The van der Waals surface area contributed by atoms with Gasteiger partial charge in [-0.25, -0.2) is 8.78 Å². The smallest absolute Gasteiger partial charge is 0.288 e. The molecule has 2 aliphatic rings. The number of halogens is 3. The monoisotopic (exact) mass is 362 g/mol. The molecule has 0 bridgehead atoms. The molecule has 2 aromatic carbocycles. The Bertz CT molecular complexity index is 916. The first-order valence-corrected chi connectivity index (χ1v) is 8.19. The van der Waals surface area contributed by atoms with Gasteiger partial charge in [-0.2, -0.15) is 0 Å². The zero-order valence-electron chi connectivity index (χ0n) is 12.9. The molecule has 3 atom stereocenters. The molecule has 1 aliphatic heterocycles. The third kappa shape index (κ3) is 2.57. The molecule has 2 aromatic rings. The molecular weight excluding hydrogens is 350 g/mol. The summed E-state index contributed by atoms with van der Waals surface area (Å²) < 4.78 is 27.9. The molecule has 0 aromatic heterocycles. The Hall–Kier alpha value is -2.47. The Balaban J connectivity index is 1.82. The van der Waals surface area contributed by atoms with Crippen LogP contribution in [-0.4, -0.2) is 4.92 Å². The average molecular weight is 363 g/mol. The van der Waals surface area contributed by atoms with Crippen LogP contribution in [0.3, 0.4) is 0 Å². The fraction of sp³-hybridized carbons (Fsp3) is 0.222.